The first-order valence-electron chi connectivity index (χ1n) is 18.3. The van der Waals surface area contributed by atoms with Gasteiger partial charge in [0.2, 0.25) is 11.8 Å². The van der Waals surface area contributed by atoms with Crippen molar-refractivity contribution >= 4 is 24.0 Å². The number of aromatic nitrogens is 4. The van der Waals surface area contributed by atoms with Gasteiger partial charge in [0.15, 0.2) is 0 Å². The lowest BCUT2D eigenvalue weighted by Gasteiger charge is -2.27. The van der Waals surface area contributed by atoms with E-state index in [4.69, 9.17) is 9.47 Å². The summed E-state index contributed by atoms with van der Waals surface area (Å²) in [5.41, 5.74) is 4.31. The maximum absolute atomic E-state index is 13.7. The molecule has 0 radical (unpaired) electrons. The smallest absolute Gasteiger partial charge is 0.407 e. The third kappa shape index (κ3) is 10.8. The second-order valence-corrected chi connectivity index (χ2v) is 12.8. The van der Waals surface area contributed by atoms with Gasteiger partial charge in [-0.15, -0.1) is 0 Å². The molecule has 56 heavy (non-hydrogen) atoms. The van der Waals surface area contributed by atoms with Gasteiger partial charge in [-0.1, -0.05) is 92.6 Å². The van der Waals surface area contributed by atoms with Crippen molar-refractivity contribution in [3.05, 3.63) is 131 Å². The fourth-order valence-electron chi connectivity index (χ4n) is 5.99. The van der Waals surface area contributed by atoms with Crippen molar-refractivity contribution in [3.8, 4) is 23.1 Å². The van der Waals surface area contributed by atoms with Crippen molar-refractivity contribution < 1.29 is 28.7 Å². The zero-order valence-electron chi connectivity index (χ0n) is 31.9. The van der Waals surface area contributed by atoms with Crippen LogP contribution in [0.25, 0.3) is 11.3 Å². The molecule has 14 nitrogen and oxygen atoms in total. The Labute approximate surface area is 326 Å². The minimum Gasteiger partial charge on any atom is -0.453 e. The summed E-state index contributed by atoms with van der Waals surface area (Å²) in [5, 5.41) is 5.33. The molecule has 0 unspecified atom stereocenters. The molecule has 14 heteroatoms. The zero-order valence-corrected chi connectivity index (χ0v) is 31.9. The molecule has 0 fully saturated rings. The maximum Gasteiger partial charge on any atom is 0.407 e. The lowest BCUT2D eigenvalue weighted by atomic mass is 10.1. The third-order valence-electron chi connectivity index (χ3n) is 8.74. The molecule has 4 amide bonds. The summed E-state index contributed by atoms with van der Waals surface area (Å²) in [6.45, 7) is 5.29. The highest BCUT2D eigenvalue weighted by Gasteiger charge is 2.29. The number of rotatable bonds is 15. The summed E-state index contributed by atoms with van der Waals surface area (Å²) in [5.74, 6) is 6.85. The van der Waals surface area contributed by atoms with E-state index in [2.05, 4.69) is 42.4 Å². The molecule has 0 saturated heterocycles. The molecule has 2 atom stereocenters. The van der Waals surface area contributed by atoms with E-state index in [1.165, 1.54) is 14.2 Å². The van der Waals surface area contributed by atoms with Crippen LogP contribution >= 0.6 is 0 Å². The topological polar surface area (TPSA) is 175 Å². The summed E-state index contributed by atoms with van der Waals surface area (Å²) in [6, 6.07) is 23.9. The lowest BCUT2D eigenvalue weighted by Crippen LogP contribution is -2.43. The highest BCUT2D eigenvalue weighted by Crippen LogP contribution is 2.22. The number of hydrogen-bond donors (Lipinski definition) is 4. The monoisotopic (exact) mass is 758 g/mol. The fourth-order valence-corrected chi connectivity index (χ4v) is 5.99. The van der Waals surface area contributed by atoms with Gasteiger partial charge < -0.3 is 39.9 Å². The van der Waals surface area contributed by atoms with Crippen LogP contribution in [0.2, 0.25) is 0 Å². The largest absolute Gasteiger partial charge is 0.453 e. The van der Waals surface area contributed by atoms with Gasteiger partial charge in [-0.25, -0.2) is 19.6 Å². The summed E-state index contributed by atoms with van der Waals surface area (Å²) in [7, 11) is 2.52. The predicted octanol–water partition coefficient (Wildman–Crippen LogP) is 5.87. The number of benzene rings is 3. The van der Waals surface area contributed by atoms with Crippen molar-refractivity contribution in [2.45, 2.75) is 51.9 Å². The van der Waals surface area contributed by atoms with E-state index in [1.54, 1.807) is 46.5 Å². The molecule has 0 spiro atoms. The Balaban J connectivity index is 1.23. The number of alkyl carbamates (subject to hydrolysis) is 2. The van der Waals surface area contributed by atoms with E-state index in [1.807, 2.05) is 74.5 Å². The van der Waals surface area contributed by atoms with Crippen molar-refractivity contribution in [2.75, 3.05) is 27.3 Å². The van der Waals surface area contributed by atoms with Gasteiger partial charge >= 0.3 is 12.2 Å². The summed E-state index contributed by atoms with van der Waals surface area (Å²) >= 11 is 0. The number of amides is 4. The van der Waals surface area contributed by atoms with Crippen molar-refractivity contribution in [3.63, 3.8) is 0 Å². The van der Waals surface area contributed by atoms with Gasteiger partial charge in [0.05, 0.1) is 45.4 Å². The number of imidazole rings is 2. The molecule has 0 saturated carbocycles. The summed E-state index contributed by atoms with van der Waals surface area (Å²) in [6.07, 6.45) is 3.37. The zero-order chi connectivity index (χ0) is 39.9. The van der Waals surface area contributed by atoms with Crippen LogP contribution < -0.4 is 10.6 Å². The van der Waals surface area contributed by atoms with E-state index < -0.39 is 24.3 Å². The van der Waals surface area contributed by atoms with Crippen molar-refractivity contribution in [2.24, 2.45) is 0 Å². The highest BCUT2D eigenvalue weighted by molar-refractivity contribution is 5.87. The number of methoxy groups -OCH3 is 2. The van der Waals surface area contributed by atoms with Gasteiger partial charge in [-0.3, -0.25) is 9.59 Å². The molecule has 4 N–H and O–H groups in total. The average Bonchev–Trinajstić information content (AvgIpc) is 3.90. The van der Waals surface area contributed by atoms with E-state index >= 15 is 0 Å². The third-order valence-corrected chi connectivity index (χ3v) is 8.74. The number of H-pyrrole nitrogens is 2. The molecular formula is C42H46N8O6. The Morgan fingerprint density at radius 1 is 0.661 bits per heavy atom. The van der Waals surface area contributed by atoms with Crippen LogP contribution in [-0.4, -0.2) is 81.0 Å². The minimum atomic E-state index is -0.921. The Kier molecular flexibility index (Phi) is 14.4. The highest BCUT2D eigenvalue weighted by atomic mass is 16.5. The van der Waals surface area contributed by atoms with Crippen LogP contribution in [0, 0.1) is 11.8 Å². The van der Waals surface area contributed by atoms with Crippen LogP contribution in [0.1, 0.15) is 72.8 Å². The van der Waals surface area contributed by atoms with E-state index in [9.17, 15) is 19.2 Å². The average molecular weight is 759 g/mol. The van der Waals surface area contributed by atoms with Crippen LogP contribution in [0.5, 0.6) is 0 Å². The molecule has 5 aromatic rings. The number of carbonyl (C=O) groups excluding carboxylic acids is 4. The van der Waals surface area contributed by atoms with Gasteiger partial charge in [-0.2, -0.15) is 0 Å². The van der Waals surface area contributed by atoms with Crippen LogP contribution in [-0.2, 0) is 32.2 Å². The van der Waals surface area contributed by atoms with E-state index in [-0.39, 0.29) is 24.9 Å². The molecule has 0 bridgehead atoms. The molecular weight excluding hydrogens is 713 g/mol. The number of nitrogens with zero attached hydrogens (tertiary/aromatic N) is 4. The SMILES string of the molecule is CCCN(Cc1ncc(C#Cc2ccc(-c3cnc(CN(CCC)C(=O)[C@H](NC(=O)OC)c4ccccc4)[nH]3)cc2)[nH]1)C(=O)[C@H](NC(=O)OC)c1ccccc1. The van der Waals surface area contributed by atoms with Crippen molar-refractivity contribution in [1.29, 1.82) is 0 Å². The molecule has 0 aliphatic carbocycles. The Morgan fingerprint density at radius 3 is 1.62 bits per heavy atom. The van der Waals surface area contributed by atoms with Crippen LogP contribution in [0.3, 0.4) is 0 Å². The first-order valence-corrected chi connectivity index (χ1v) is 18.3. The quantitative estimate of drug-likeness (QED) is 0.0960. The summed E-state index contributed by atoms with van der Waals surface area (Å²) in [4.78, 5) is 70.5. The van der Waals surface area contributed by atoms with Gasteiger partial charge in [0, 0.05) is 18.7 Å². The van der Waals surface area contributed by atoms with Gasteiger partial charge in [-0.05, 0) is 47.6 Å². The molecule has 0 aliphatic rings. The number of carbonyl (C=O) groups is 4. The molecule has 290 valence electrons. The Hall–Kier alpha value is -6.88. The van der Waals surface area contributed by atoms with Crippen LogP contribution in [0.15, 0.2) is 97.3 Å². The number of ether oxygens (including phenoxy) is 2. The maximum atomic E-state index is 13.7. The lowest BCUT2D eigenvalue weighted by molar-refractivity contribution is -0.135. The first-order chi connectivity index (χ1) is 27.2. The Bertz CT molecular complexity index is 2120. The second kappa shape index (κ2) is 20.0. The normalized spacial score (nSPS) is 11.6. The minimum absolute atomic E-state index is 0.198. The van der Waals surface area contributed by atoms with Crippen molar-refractivity contribution in [1.82, 2.24) is 40.4 Å². The molecule has 2 heterocycles. The molecule has 2 aromatic heterocycles. The molecule has 0 aliphatic heterocycles. The van der Waals surface area contributed by atoms with Crippen LogP contribution in [0.4, 0.5) is 9.59 Å². The number of hydrogen-bond acceptors (Lipinski definition) is 8. The molecule has 5 rings (SSSR count). The van der Waals surface area contributed by atoms with Gasteiger partial charge in [0.1, 0.15) is 29.4 Å². The van der Waals surface area contributed by atoms with E-state index in [0.29, 0.717) is 54.4 Å². The predicted molar refractivity (Wildman–Crippen MR) is 209 cm³/mol. The number of nitrogens with one attached hydrogen (secondary N) is 4. The Morgan fingerprint density at radius 2 is 1.14 bits per heavy atom. The first kappa shape index (κ1) is 40.3. The second-order valence-electron chi connectivity index (χ2n) is 12.8. The summed E-state index contributed by atoms with van der Waals surface area (Å²) < 4.78 is 9.57. The molecule has 3 aromatic carbocycles. The fraction of sp³-hybridized carbons (Fsp3) is 0.286. The standard InChI is InChI=1S/C42H46N8O6/c1-5-23-49(39(51)37(47-41(53)55-3)31-13-9-7-10-14-31)27-35-43-25-33(45-35)22-19-29-17-20-30(21-18-29)34-26-44-36(46-34)28-50(24-6-2)40(52)38(48-42(54)56-4)32-15-11-8-12-16-32/h7-18,20-21,25-26,37-38H,5-6,23-24,27-28H2,1-4H3,(H,43,45)(H,44,46)(H,47,53)(H,48,54)/t37-,38-/m1/s1. The van der Waals surface area contributed by atoms with E-state index in [0.717, 1.165) is 16.8 Å². The van der Waals surface area contributed by atoms with Gasteiger partial charge in [0.25, 0.3) is 0 Å². The number of aromatic amines is 2.